The Morgan fingerprint density at radius 2 is 1.90 bits per heavy atom. The molecule has 1 aromatic carbocycles. The van der Waals surface area contributed by atoms with Gasteiger partial charge in [-0.05, 0) is 48.8 Å². The summed E-state index contributed by atoms with van der Waals surface area (Å²) in [5.74, 6) is 0.539. The van der Waals surface area contributed by atoms with Crippen molar-refractivity contribution in [2.75, 3.05) is 20.2 Å². The van der Waals surface area contributed by atoms with Gasteiger partial charge in [0.15, 0.2) is 0 Å². The van der Waals surface area contributed by atoms with Crippen LogP contribution in [0.4, 0.5) is 9.18 Å². The second-order valence-corrected chi connectivity index (χ2v) is 8.65. The lowest BCUT2D eigenvalue weighted by atomic mass is 9.71. The molecule has 9 heteroatoms. The van der Waals surface area contributed by atoms with Crippen LogP contribution in [-0.4, -0.2) is 53.2 Å². The van der Waals surface area contributed by atoms with Crippen molar-refractivity contribution < 1.29 is 13.9 Å². The van der Waals surface area contributed by atoms with E-state index in [-0.39, 0.29) is 23.9 Å². The van der Waals surface area contributed by atoms with Crippen LogP contribution in [0.15, 0.2) is 36.7 Å². The third-order valence-corrected chi connectivity index (χ3v) is 6.85. The fraction of sp³-hybridized carbons (Fsp3) is 0.500. The molecule has 2 aliphatic heterocycles. The van der Waals surface area contributed by atoms with Gasteiger partial charge in [-0.2, -0.15) is 0 Å². The van der Waals surface area contributed by atoms with Crippen LogP contribution in [0.2, 0.25) is 0 Å². The number of carbonyl (C=O) groups excluding carboxylic acids is 1. The van der Waals surface area contributed by atoms with Crippen molar-refractivity contribution in [1.29, 1.82) is 0 Å². The zero-order valence-electron chi connectivity index (χ0n) is 17.4. The SMILES string of the molecule is COc1ncc(C2NNC3CC4NC(=O)N(CCc5ccc(F)cc5)CC4CC32)cn1. The lowest BCUT2D eigenvalue weighted by Gasteiger charge is -2.45. The molecule has 0 bridgehead atoms. The first-order valence-electron chi connectivity index (χ1n) is 10.8. The summed E-state index contributed by atoms with van der Waals surface area (Å²) in [7, 11) is 1.56. The van der Waals surface area contributed by atoms with Gasteiger partial charge in [0.05, 0.1) is 13.2 Å². The monoisotopic (exact) mass is 426 g/mol. The minimum absolute atomic E-state index is 0.00660. The van der Waals surface area contributed by atoms with Crippen LogP contribution in [0.5, 0.6) is 6.01 Å². The first kappa shape index (κ1) is 20.1. The molecule has 8 nitrogen and oxygen atoms in total. The Balaban J connectivity index is 1.24. The molecule has 0 spiro atoms. The number of urea groups is 1. The van der Waals surface area contributed by atoms with Crippen molar-refractivity contribution in [2.24, 2.45) is 11.8 Å². The summed E-state index contributed by atoms with van der Waals surface area (Å²) in [6.07, 6.45) is 6.24. The number of ether oxygens (including phenoxy) is 1. The summed E-state index contributed by atoms with van der Waals surface area (Å²) in [6, 6.07) is 7.44. The molecule has 2 aromatic rings. The van der Waals surface area contributed by atoms with E-state index >= 15 is 0 Å². The highest BCUT2D eigenvalue weighted by atomic mass is 19.1. The minimum Gasteiger partial charge on any atom is -0.467 e. The predicted molar refractivity (Wildman–Crippen MR) is 112 cm³/mol. The first-order valence-corrected chi connectivity index (χ1v) is 10.8. The first-order chi connectivity index (χ1) is 15.1. The predicted octanol–water partition coefficient (Wildman–Crippen LogP) is 1.80. The molecule has 5 atom stereocenters. The molecular weight excluding hydrogens is 399 g/mol. The highest BCUT2D eigenvalue weighted by molar-refractivity contribution is 5.75. The minimum atomic E-state index is -0.241. The van der Waals surface area contributed by atoms with E-state index in [2.05, 4.69) is 26.1 Å². The molecule has 31 heavy (non-hydrogen) atoms. The molecular formula is C22H27FN6O2. The number of amides is 2. The fourth-order valence-corrected chi connectivity index (χ4v) is 5.18. The lowest BCUT2D eigenvalue weighted by Crippen LogP contribution is -2.61. The summed E-state index contributed by atoms with van der Waals surface area (Å²) in [5.41, 5.74) is 8.89. The number of nitrogens with zero attached hydrogens (tertiary/aromatic N) is 3. The molecule has 1 aliphatic carbocycles. The van der Waals surface area contributed by atoms with Crippen LogP contribution in [0.25, 0.3) is 0 Å². The quantitative estimate of drug-likeness (QED) is 0.676. The third kappa shape index (κ3) is 4.07. The Morgan fingerprint density at radius 3 is 2.65 bits per heavy atom. The van der Waals surface area contributed by atoms with Gasteiger partial charge in [0.25, 0.3) is 0 Å². The van der Waals surface area contributed by atoms with E-state index in [0.29, 0.717) is 36.9 Å². The largest absolute Gasteiger partial charge is 0.467 e. The molecule has 5 unspecified atom stereocenters. The van der Waals surface area contributed by atoms with Crippen LogP contribution >= 0.6 is 0 Å². The zero-order chi connectivity index (χ0) is 21.4. The molecule has 164 valence electrons. The van der Waals surface area contributed by atoms with Crippen LogP contribution in [0, 0.1) is 17.7 Å². The van der Waals surface area contributed by atoms with E-state index < -0.39 is 0 Å². The number of hydrogen-bond donors (Lipinski definition) is 3. The number of benzene rings is 1. The Hall–Kier alpha value is -2.78. The van der Waals surface area contributed by atoms with Crippen LogP contribution in [-0.2, 0) is 6.42 Å². The molecule has 3 N–H and O–H groups in total. The Kier molecular flexibility index (Phi) is 5.45. The number of hydrogen-bond acceptors (Lipinski definition) is 6. The zero-order valence-corrected chi connectivity index (χ0v) is 17.4. The molecule has 1 aromatic heterocycles. The van der Waals surface area contributed by atoms with Crippen molar-refractivity contribution in [3.05, 3.63) is 53.6 Å². The molecule has 5 rings (SSSR count). The second kappa shape index (κ2) is 8.39. The maximum atomic E-state index is 13.1. The number of hydrazine groups is 1. The van der Waals surface area contributed by atoms with Gasteiger partial charge in [0, 0.05) is 43.1 Å². The topological polar surface area (TPSA) is 91.4 Å². The molecule has 3 aliphatic rings. The van der Waals surface area contributed by atoms with Gasteiger partial charge in [-0.1, -0.05) is 12.1 Å². The van der Waals surface area contributed by atoms with Gasteiger partial charge in [0.2, 0.25) is 0 Å². The van der Waals surface area contributed by atoms with Gasteiger partial charge >= 0.3 is 12.0 Å². The maximum Gasteiger partial charge on any atom is 0.317 e. The summed E-state index contributed by atoms with van der Waals surface area (Å²) < 4.78 is 18.2. The average molecular weight is 426 g/mol. The Bertz CT molecular complexity index is 925. The van der Waals surface area contributed by atoms with Crippen LogP contribution < -0.4 is 20.9 Å². The van der Waals surface area contributed by atoms with Gasteiger partial charge in [-0.15, -0.1) is 0 Å². The maximum absolute atomic E-state index is 13.1. The number of halogens is 1. The normalized spacial score (nSPS) is 29.8. The highest BCUT2D eigenvalue weighted by Gasteiger charge is 2.47. The van der Waals surface area contributed by atoms with Gasteiger partial charge in [-0.3, -0.25) is 5.43 Å². The Morgan fingerprint density at radius 1 is 1.13 bits per heavy atom. The van der Waals surface area contributed by atoms with Crippen molar-refractivity contribution in [3.8, 4) is 6.01 Å². The van der Waals surface area contributed by atoms with Crippen molar-refractivity contribution in [1.82, 2.24) is 31.0 Å². The van der Waals surface area contributed by atoms with E-state index in [1.807, 2.05) is 17.3 Å². The third-order valence-electron chi connectivity index (χ3n) is 6.85. The van der Waals surface area contributed by atoms with Gasteiger partial charge in [-0.25, -0.2) is 24.6 Å². The Labute approximate surface area is 180 Å². The number of fused-ring (bicyclic) bond motifs is 2. The van der Waals surface area contributed by atoms with E-state index in [1.54, 1.807) is 19.2 Å². The van der Waals surface area contributed by atoms with Gasteiger partial charge < -0.3 is 15.0 Å². The van der Waals surface area contributed by atoms with Crippen LogP contribution in [0.1, 0.15) is 30.0 Å². The number of aromatic nitrogens is 2. The highest BCUT2D eigenvalue weighted by Crippen LogP contribution is 2.41. The summed E-state index contributed by atoms with van der Waals surface area (Å²) in [5, 5.41) is 3.21. The summed E-state index contributed by atoms with van der Waals surface area (Å²) in [4.78, 5) is 23.1. The summed E-state index contributed by atoms with van der Waals surface area (Å²) >= 11 is 0. The number of methoxy groups -OCH3 is 1. The number of carbonyl (C=O) groups is 1. The molecule has 2 amide bonds. The van der Waals surface area contributed by atoms with E-state index in [9.17, 15) is 9.18 Å². The second-order valence-electron chi connectivity index (χ2n) is 8.65. The van der Waals surface area contributed by atoms with Crippen molar-refractivity contribution >= 4 is 6.03 Å². The summed E-state index contributed by atoms with van der Waals surface area (Å²) in [6.45, 7) is 1.37. The van der Waals surface area contributed by atoms with Crippen LogP contribution in [0.3, 0.4) is 0 Å². The van der Waals surface area contributed by atoms with Gasteiger partial charge in [0.1, 0.15) is 5.82 Å². The smallest absolute Gasteiger partial charge is 0.317 e. The van der Waals surface area contributed by atoms with E-state index in [1.165, 1.54) is 12.1 Å². The number of rotatable bonds is 5. The van der Waals surface area contributed by atoms with E-state index in [4.69, 9.17) is 4.74 Å². The standard InChI is InChI=1S/C22H27FN6O2/c1-31-21-24-10-15(11-25-21)20-17-8-14-12-29(7-6-13-2-4-16(23)5-3-13)22(30)26-18(14)9-19(17)27-28-20/h2-5,10-11,14,17-20,27-28H,6-9,12H2,1H3,(H,26,30). The lowest BCUT2D eigenvalue weighted by molar-refractivity contribution is 0.0995. The van der Waals surface area contributed by atoms with Crippen molar-refractivity contribution in [3.63, 3.8) is 0 Å². The molecule has 3 fully saturated rings. The number of nitrogens with one attached hydrogen (secondary N) is 3. The fourth-order valence-electron chi connectivity index (χ4n) is 5.18. The van der Waals surface area contributed by atoms with E-state index in [0.717, 1.165) is 30.5 Å². The molecule has 0 radical (unpaired) electrons. The molecule has 2 saturated heterocycles. The molecule has 1 saturated carbocycles. The molecule has 3 heterocycles. The van der Waals surface area contributed by atoms with Crippen molar-refractivity contribution in [2.45, 2.75) is 37.4 Å². The average Bonchev–Trinajstić information content (AvgIpc) is 3.20.